The van der Waals surface area contributed by atoms with Crippen LogP contribution in [0.1, 0.15) is 12.0 Å². The lowest BCUT2D eigenvalue weighted by Crippen LogP contribution is -2.23. The Morgan fingerprint density at radius 2 is 1.71 bits per heavy atom. The van der Waals surface area contributed by atoms with Crippen molar-refractivity contribution in [3.8, 4) is 5.69 Å². The van der Waals surface area contributed by atoms with E-state index in [0.29, 0.717) is 0 Å². The van der Waals surface area contributed by atoms with Crippen molar-refractivity contribution in [3.63, 3.8) is 0 Å². The van der Waals surface area contributed by atoms with Crippen molar-refractivity contribution in [3.05, 3.63) is 89.1 Å². The molecule has 1 aromatic heterocycles. The van der Waals surface area contributed by atoms with E-state index in [9.17, 15) is 4.79 Å². The minimum absolute atomic E-state index is 0.00858. The maximum Gasteiger partial charge on any atom is 0.332 e. The van der Waals surface area contributed by atoms with Gasteiger partial charge in [0.1, 0.15) is 0 Å². The maximum absolute atomic E-state index is 12.3. The molecule has 0 aliphatic rings. The Kier molecular flexibility index (Phi) is 4.01. The average molecular weight is 277 g/mol. The summed E-state index contributed by atoms with van der Waals surface area (Å²) in [5.41, 5.74) is 2.19. The summed E-state index contributed by atoms with van der Waals surface area (Å²) in [6.45, 7) is 0.736. The fourth-order valence-electron chi connectivity index (χ4n) is 2.42. The fourth-order valence-corrected chi connectivity index (χ4v) is 2.42. The van der Waals surface area contributed by atoms with Crippen molar-refractivity contribution in [2.75, 3.05) is 0 Å². The molecule has 3 rings (SSSR count). The molecule has 0 atom stereocenters. The van der Waals surface area contributed by atoms with E-state index in [0.717, 1.165) is 25.1 Å². The summed E-state index contributed by atoms with van der Waals surface area (Å²) in [5, 5.41) is 0. The van der Waals surface area contributed by atoms with Crippen molar-refractivity contribution >= 4 is 0 Å². The van der Waals surface area contributed by atoms with Crippen LogP contribution in [0.4, 0.5) is 0 Å². The third-order valence-electron chi connectivity index (χ3n) is 3.53. The Hall–Kier alpha value is -2.55. The normalized spacial score (nSPS) is 10.7. The highest BCUT2D eigenvalue weighted by atomic mass is 16.1. The molecule has 2 aromatic carbocycles. The highest BCUT2D eigenvalue weighted by Crippen LogP contribution is 2.05. The summed E-state index contributed by atoms with van der Waals surface area (Å²) in [6.07, 6.45) is 5.61. The second-order valence-electron chi connectivity index (χ2n) is 4.99. The standard InChI is InChI=1S/C18H17N2O/c21-18-19(13-7-10-16-8-3-1-4-9-16)14-15-20(18)17-11-5-2-6-12-17/h1,3-6,8-9,11-12,14-15H,7,10,13H2. The van der Waals surface area contributed by atoms with Crippen LogP contribution in [0.5, 0.6) is 0 Å². The summed E-state index contributed by atoms with van der Waals surface area (Å²) >= 11 is 0. The van der Waals surface area contributed by atoms with Gasteiger partial charge in [-0.05, 0) is 36.6 Å². The molecule has 1 heterocycles. The van der Waals surface area contributed by atoms with Gasteiger partial charge in [-0.25, -0.2) is 4.79 Å². The number of aromatic nitrogens is 2. The third-order valence-corrected chi connectivity index (χ3v) is 3.53. The van der Waals surface area contributed by atoms with Gasteiger partial charge < -0.3 is 0 Å². The summed E-state index contributed by atoms with van der Waals surface area (Å²) in [5.74, 6) is 0. The van der Waals surface area contributed by atoms with E-state index in [2.05, 4.69) is 18.2 Å². The van der Waals surface area contributed by atoms with E-state index >= 15 is 0 Å². The molecule has 0 N–H and O–H groups in total. The van der Waals surface area contributed by atoms with Gasteiger partial charge in [-0.1, -0.05) is 42.5 Å². The first-order valence-electron chi connectivity index (χ1n) is 7.13. The van der Waals surface area contributed by atoms with Crippen molar-refractivity contribution in [1.82, 2.24) is 9.13 Å². The zero-order chi connectivity index (χ0) is 14.5. The first-order valence-corrected chi connectivity index (χ1v) is 7.13. The molecular formula is C18H17N2O. The van der Waals surface area contributed by atoms with Crippen LogP contribution >= 0.6 is 0 Å². The molecule has 0 unspecified atom stereocenters. The predicted octanol–water partition coefficient (Wildman–Crippen LogP) is 3.07. The number of rotatable bonds is 5. The molecule has 21 heavy (non-hydrogen) atoms. The van der Waals surface area contributed by atoms with Gasteiger partial charge in [0.05, 0.1) is 5.69 Å². The number of benzene rings is 2. The maximum atomic E-state index is 12.3. The number of hydrogen-bond donors (Lipinski definition) is 0. The van der Waals surface area contributed by atoms with E-state index in [4.69, 9.17) is 0 Å². The van der Waals surface area contributed by atoms with Gasteiger partial charge in [0.25, 0.3) is 0 Å². The van der Waals surface area contributed by atoms with Crippen LogP contribution in [0, 0.1) is 6.07 Å². The number of hydrogen-bond acceptors (Lipinski definition) is 1. The van der Waals surface area contributed by atoms with E-state index in [1.54, 1.807) is 9.13 Å². The van der Waals surface area contributed by atoms with Crippen LogP contribution in [-0.4, -0.2) is 9.13 Å². The van der Waals surface area contributed by atoms with Gasteiger partial charge in [0.2, 0.25) is 0 Å². The molecule has 0 spiro atoms. The quantitative estimate of drug-likeness (QED) is 0.704. The largest absolute Gasteiger partial charge is 0.332 e. The molecule has 0 amide bonds. The highest BCUT2D eigenvalue weighted by Gasteiger charge is 2.04. The van der Waals surface area contributed by atoms with E-state index in [1.807, 2.05) is 54.9 Å². The van der Waals surface area contributed by atoms with Crippen molar-refractivity contribution in [2.45, 2.75) is 19.4 Å². The van der Waals surface area contributed by atoms with E-state index in [-0.39, 0.29) is 5.69 Å². The average Bonchev–Trinajstić information content (AvgIpc) is 2.90. The lowest BCUT2D eigenvalue weighted by molar-refractivity contribution is 0.617. The first kappa shape index (κ1) is 13.4. The number of imidazole rings is 1. The zero-order valence-corrected chi connectivity index (χ0v) is 11.8. The Morgan fingerprint density at radius 3 is 2.48 bits per heavy atom. The van der Waals surface area contributed by atoms with Gasteiger partial charge in [-0.2, -0.15) is 0 Å². The Morgan fingerprint density at radius 1 is 0.952 bits per heavy atom. The van der Waals surface area contributed by atoms with Crippen LogP contribution in [-0.2, 0) is 13.0 Å². The summed E-state index contributed by atoms with van der Waals surface area (Å²) in [7, 11) is 0. The van der Waals surface area contributed by atoms with Crippen molar-refractivity contribution in [2.24, 2.45) is 0 Å². The Balaban J connectivity index is 1.68. The fraction of sp³-hybridized carbons (Fsp3) is 0.167. The molecule has 3 heteroatoms. The molecular weight excluding hydrogens is 260 g/mol. The molecule has 0 saturated heterocycles. The second-order valence-corrected chi connectivity index (χ2v) is 4.99. The molecule has 3 nitrogen and oxygen atoms in total. The van der Waals surface area contributed by atoms with E-state index < -0.39 is 0 Å². The minimum atomic E-state index is 0.00858. The predicted molar refractivity (Wildman–Crippen MR) is 83.6 cm³/mol. The minimum Gasteiger partial charge on any atom is -0.299 e. The first-order chi connectivity index (χ1) is 10.3. The molecule has 1 radical (unpaired) electrons. The van der Waals surface area contributed by atoms with Gasteiger partial charge in [0.15, 0.2) is 0 Å². The van der Waals surface area contributed by atoms with Gasteiger partial charge in [0, 0.05) is 18.9 Å². The van der Waals surface area contributed by atoms with Gasteiger partial charge in [-0.3, -0.25) is 9.13 Å². The topological polar surface area (TPSA) is 26.9 Å². The summed E-state index contributed by atoms with van der Waals surface area (Å²) < 4.78 is 3.43. The van der Waals surface area contributed by atoms with Crippen LogP contribution in [0.2, 0.25) is 0 Å². The summed E-state index contributed by atoms with van der Waals surface area (Å²) in [6, 6.07) is 20.7. The van der Waals surface area contributed by atoms with Crippen LogP contribution < -0.4 is 5.69 Å². The smallest absolute Gasteiger partial charge is 0.299 e. The molecule has 0 aliphatic carbocycles. The zero-order valence-electron chi connectivity index (χ0n) is 11.8. The number of aryl methyl sites for hydroxylation is 2. The third kappa shape index (κ3) is 3.14. The molecule has 3 aromatic rings. The molecule has 0 aliphatic heterocycles. The molecule has 105 valence electrons. The van der Waals surface area contributed by atoms with Crippen LogP contribution in [0.15, 0.2) is 71.8 Å². The molecule has 0 bridgehead atoms. The molecule has 0 saturated carbocycles. The van der Waals surface area contributed by atoms with Crippen LogP contribution in [0.25, 0.3) is 5.69 Å². The Bertz CT molecular complexity index is 742. The van der Waals surface area contributed by atoms with Crippen molar-refractivity contribution in [1.29, 1.82) is 0 Å². The monoisotopic (exact) mass is 277 g/mol. The number of nitrogens with zero attached hydrogens (tertiary/aromatic N) is 2. The van der Waals surface area contributed by atoms with Crippen molar-refractivity contribution < 1.29 is 0 Å². The van der Waals surface area contributed by atoms with E-state index in [1.165, 1.54) is 5.56 Å². The van der Waals surface area contributed by atoms with Gasteiger partial charge >= 0.3 is 5.69 Å². The van der Waals surface area contributed by atoms with Crippen LogP contribution in [0.3, 0.4) is 0 Å². The SMILES string of the molecule is O=c1n(CCCc2ccccc2)ccn1-c1cc[c]cc1. The highest BCUT2D eigenvalue weighted by molar-refractivity contribution is 5.30. The lowest BCUT2D eigenvalue weighted by Gasteiger charge is -2.03. The Labute approximate surface area is 124 Å². The second kappa shape index (κ2) is 6.27. The lowest BCUT2D eigenvalue weighted by atomic mass is 10.1. The molecule has 0 fully saturated rings. The summed E-state index contributed by atoms with van der Waals surface area (Å²) in [4.78, 5) is 12.3. The van der Waals surface area contributed by atoms with Gasteiger partial charge in [-0.15, -0.1) is 0 Å².